The molecule has 10 heteroatoms. The molecule has 42 heavy (non-hydrogen) atoms. The van der Waals surface area contributed by atoms with Gasteiger partial charge in [0, 0.05) is 13.1 Å². The molecule has 0 bridgehead atoms. The molecule has 0 radical (unpaired) electrons. The van der Waals surface area contributed by atoms with Crippen LogP contribution < -0.4 is 14.4 Å². The zero-order chi connectivity index (χ0) is 31.0. The van der Waals surface area contributed by atoms with Crippen molar-refractivity contribution in [2.75, 3.05) is 24.5 Å². The van der Waals surface area contributed by atoms with E-state index in [0.29, 0.717) is 28.9 Å². The zero-order valence-electron chi connectivity index (χ0n) is 25.1. The van der Waals surface area contributed by atoms with Crippen LogP contribution in [0.15, 0.2) is 76.1 Å². The Morgan fingerprint density at radius 3 is 2.24 bits per heavy atom. The van der Waals surface area contributed by atoms with E-state index in [-0.39, 0.29) is 23.3 Å². The third-order valence-corrected chi connectivity index (χ3v) is 9.37. The summed E-state index contributed by atoms with van der Waals surface area (Å²) in [6.07, 6.45) is 0.365. The van der Waals surface area contributed by atoms with E-state index in [1.165, 1.54) is 24.1 Å². The van der Waals surface area contributed by atoms with Gasteiger partial charge in [0.05, 0.1) is 22.2 Å². The van der Waals surface area contributed by atoms with Crippen LogP contribution in [0.1, 0.15) is 43.9 Å². The topological polar surface area (TPSA) is 96.0 Å². The second-order valence-electron chi connectivity index (χ2n) is 10.7. The summed E-state index contributed by atoms with van der Waals surface area (Å²) in [5.74, 6) is -0.0361. The number of hydrogen-bond acceptors (Lipinski definition) is 5. The SMILES string of the molecule is CCC(C(=O)NCC(C)C)N(Cc1ccccc1C)C(=O)CN(c1ccc(C)cc1)S(=O)(=O)c1ccc(OC)c(Br)c1. The summed E-state index contributed by atoms with van der Waals surface area (Å²) < 4.78 is 35.1. The Hall–Kier alpha value is -3.37. The minimum atomic E-state index is -4.20. The predicted molar refractivity (Wildman–Crippen MR) is 170 cm³/mol. The average Bonchev–Trinajstić information content (AvgIpc) is 2.96. The number of sulfonamides is 1. The average molecular weight is 659 g/mol. The minimum Gasteiger partial charge on any atom is -0.496 e. The van der Waals surface area contributed by atoms with E-state index < -0.39 is 28.5 Å². The van der Waals surface area contributed by atoms with Gasteiger partial charge in [-0.15, -0.1) is 0 Å². The maximum atomic E-state index is 14.2. The molecule has 0 saturated heterocycles. The van der Waals surface area contributed by atoms with Crippen molar-refractivity contribution >= 4 is 43.5 Å². The zero-order valence-corrected chi connectivity index (χ0v) is 27.5. The minimum absolute atomic E-state index is 0.00396. The molecular weight excluding hydrogens is 618 g/mol. The molecule has 226 valence electrons. The van der Waals surface area contributed by atoms with Gasteiger partial charge < -0.3 is 15.0 Å². The van der Waals surface area contributed by atoms with Crippen LogP contribution in [0.2, 0.25) is 0 Å². The van der Waals surface area contributed by atoms with Gasteiger partial charge in [-0.25, -0.2) is 8.42 Å². The molecule has 0 aliphatic heterocycles. The molecule has 0 aromatic heterocycles. The lowest BCUT2D eigenvalue weighted by molar-refractivity contribution is -0.140. The Balaban J connectivity index is 2.08. The first kappa shape index (κ1) is 33.1. The third-order valence-electron chi connectivity index (χ3n) is 6.98. The normalized spacial score (nSPS) is 12.1. The van der Waals surface area contributed by atoms with Gasteiger partial charge in [-0.1, -0.05) is 62.7 Å². The molecular formula is C32H40BrN3O5S. The highest BCUT2D eigenvalue weighted by molar-refractivity contribution is 9.10. The molecule has 8 nitrogen and oxygen atoms in total. The number of amides is 2. The predicted octanol–water partition coefficient (Wildman–Crippen LogP) is 5.85. The molecule has 0 aliphatic rings. The summed E-state index contributed by atoms with van der Waals surface area (Å²) in [5, 5.41) is 2.95. The van der Waals surface area contributed by atoms with Crippen molar-refractivity contribution in [3.8, 4) is 5.75 Å². The fraction of sp³-hybridized carbons (Fsp3) is 0.375. The van der Waals surface area contributed by atoms with E-state index in [4.69, 9.17) is 4.74 Å². The Kier molecular flexibility index (Phi) is 11.6. The van der Waals surface area contributed by atoms with E-state index in [1.807, 2.05) is 58.9 Å². The Morgan fingerprint density at radius 1 is 1.00 bits per heavy atom. The van der Waals surface area contributed by atoms with Gasteiger partial charge in [-0.05, 0) is 83.6 Å². The van der Waals surface area contributed by atoms with E-state index in [2.05, 4.69) is 21.2 Å². The quantitative estimate of drug-likeness (QED) is 0.249. The summed E-state index contributed by atoms with van der Waals surface area (Å²) in [6, 6.07) is 18.3. The van der Waals surface area contributed by atoms with Crippen LogP contribution in [0.5, 0.6) is 5.75 Å². The summed E-state index contributed by atoms with van der Waals surface area (Å²) in [7, 11) is -2.70. The van der Waals surface area contributed by atoms with E-state index in [1.54, 1.807) is 30.3 Å². The van der Waals surface area contributed by atoms with Crippen LogP contribution in [-0.2, 0) is 26.2 Å². The lowest BCUT2D eigenvalue weighted by atomic mass is 10.1. The van der Waals surface area contributed by atoms with Gasteiger partial charge in [0.1, 0.15) is 18.3 Å². The second kappa shape index (κ2) is 14.7. The van der Waals surface area contributed by atoms with Gasteiger partial charge in [0.2, 0.25) is 11.8 Å². The van der Waals surface area contributed by atoms with Crippen LogP contribution in [-0.4, -0.2) is 51.4 Å². The molecule has 0 spiro atoms. The summed E-state index contributed by atoms with van der Waals surface area (Å²) in [4.78, 5) is 29.1. The first-order valence-electron chi connectivity index (χ1n) is 13.9. The number of nitrogens with zero attached hydrogens (tertiary/aromatic N) is 2. The number of methoxy groups -OCH3 is 1. The van der Waals surface area contributed by atoms with Gasteiger partial charge >= 0.3 is 0 Å². The van der Waals surface area contributed by atoms with Crippen LogP contribution in [0.3, 0.4) is 0 Å². The maximum Gasteiger partial charge on any atom is 0.264 e. The van der Waals surface area contributed by atoms with Gasteiger partial charge in [-0.2, -0.15) is 0 Å². The third kappa shape index (κ3) is 8.13. The van der Waals surface area contributed by atoms with Crippen LogP contribution in [0, 0.1) is 19.8 Å². The Bertz CT molecular complexity index is 1490. The number of aryl methyl sites for hydroxylation is 2. The van der Waals surface area contributed by atoms with Crippen LogP contribution in [0.4, 0.5) is 5.69 Å². The highest BCUT2D eigenvalue weighted by atomic mass is 79.9. The molecule has 0 saturated carbocycles. The number of rotatable bonds is 13. The van der Waals surface area contributed by atoms with Gasteiger partial charge in [-0.3, -0.25) is 13.9 Å². The molecule has 3 aromatic rings. The van der Waals surface area contributed by atoms with Gasteiger partial charge in [0.15, 0.2) is 0 Å². The molecule has 1 unspecified atom stereocenters. The summed E-state index contributed by atoms with van der Waals surface area (Å²) in [5.41, 5.74) is 3.14. The van der Waals surface area contributed by atoms with Crippen molar-refractivity contribution in [1.82, 2.24) is 10.2 Å². The van der Waals surface area contributed by atoms with Crippen molar-refractivity contribution < 1.29 is 22.7 Å². The van der Waals surface area contributed by atoms with Crippen molar-refractivity contribution in [2.45, 2.75) is 58.5 Å². The monoisotopic (exact) mass is 657 g/mol. The Morgan fingerprint density at radius 2 is 1.67 bits per heavy atom. The lowest BCUT2D eigenvalue weighted by Crippen LogP contribution is -2.52. The first-order valence-corrected chi connectivity index (χ1v) is 16.2. The number of nitrogens with one attached hydrogen (secondary N) is 1. The van der Waals surface area contributed by atoms with Gasteiger partial charge in [0.25, 0.3) is 10.0 Å². The molecule has 1 atom stereocenters. The number of anilines is 1. The number of ether oxygens (including phenoxy) is 1. The second-order valence-corrected chi connectivity index (χ2v) is 13.4. The molecule has 0 fully saturated rings. The molecule has 2 amide bonds. The first-order chi connectivity index (χ1) is 19.9. The highest BCUT2D eigenvalue weighted by Gasteiger charge is 2.34. The number of hydrogen-bond donors (Lipinski definition) is 1. The van der Waals surface area contributed by atoms with Crippen molar-refractivity contribution in [2.24, 2.45) is 5.92 Å². The molecule has 0 heterocycles. The largest absolute Gasteiger partial charge is 0.496 e. The van der Waals surface area contributed by atoms with Crippen molar-refractivity contribution in [1.29, 1.82) is 0 Å². The number of halogens is 1. The fourth-order valence-corrected chi connectivity index (χ4v) is 6.62. The molecule has 3 aromatic carbocycles. The lowest BCUT2D eigenvalue weighted by Gasteiger charge is -2.33. The van der Waals surface area contributed by atoms with Crippen molar-refractivity contribution in [3.63, 3.8) is 0 Å². The number of benzene rings is 3. The van der Waals surface area contributed by atoms with E-state index in [9.17, 15) is 18.0 Å². The molecule has 1 N–H and O–H groups in total. The molecule has 3 rings (SSSR count). The van der Waals surface area contributed by atoms with E-state index >= 15 is 0 Å². The molecule has 0 aliphatic carbocycles. The Labute approximate surface area is 258 Å². The number of carbonyl (C=O) groups excluding carboxylic acids is 2. The highest BCUT2D eigenvalue weighted by Crippen LogP contribution is 2.31. The summed E-state index contributed by atoms with van der Waals surface area (Å²) >= 11 is 3.37. The van der Waals surface area contributed by atoms with Crippen molar-refractivity contribution in [3.05, 3.63) is 87.9 Å². The van der Waals surface area contributed by atoms with E-state index in [0.717, 1.165) is 21.0 Å². The number of carbonyl (C=O) groups is 2. The smallest absolute Gasteiger partial charge is 0.264 e. The summed E-state index contributed by atoms with van der Waals surface area (Å²) in [6.45, 7) is 9.84. The van der Waals surface area contributed by atoms with Crippen LogP contribution in [0.25, 0.3) is 0 Å². The fourth-order valence-electron chi connectivity index (χ4n) is 4.49. The van der Waals surface area contributed by atoms with Crippen LogP contribution >= 0.6 is 15.9 Å². The standard InChI is InChI=1S/C32H40BrN3O5S/c1-7-29(32(38)34-19-22(2)3)35(20-25-11-9-8-10-24(25)5)31(37)21-36(26-14-12-23(4)13-15-26)42(39,40)27-16-17-30(41-6)28(33)18-27/h8-18,22,29H,7,19-21H2,1-6H3,(H,34,38). The maximum absolute atomic E-state index is 14.2.